The quantitative estimate of drug-likeness (QED) is 0.487. The maximum Gasteiger partial charge on any atom is 0.544 e. The van der Waals surface area contributed by atoms with Gasteiger partial charge in [-0.1, -0.05) is 18.2 Å². The van der Waals surface area contributed by atoms with Crippen molar-refractivity contribution in [1.29, 1.82) is 0 Å². The molecule has 0 atom stereocenters. The number of esters is 1. The summed E-state index contributed by atoms with van der Waals surface area (Å²) >= 11 is 0. The minimum absolute atomic E-state index is 0.108. The zero-order valence-electron chi connectivity index (χ0n) is 11.2. The third kappa shape index (κ3) is 5.27. The van der Waals surface area contributed by atoms with Crippen molar-refractivity contribution in [3.63, 3.8) is 0 Å². The molecule has 0 spiro atoms. The van der Waals surface area contributed by atoms with Gasteiger partial charge in [0.1, 0.15) is 0 Å². The van der Waals surface area contributed by atoms with E-state index in [0.717, 1.165) is 20.1 Å². The molecule has 0 aliphatic carbocycles. The molecule has 0 saturated heterocycles. The van der Waals surface area contributed by atoms with Crippen LogP contribution in [0.2, 0.25) is 0 Å². The lowest BCUT2D eigenvalue weighted by atomic mass is 10.1. The largest absolute Gasteiger partial charge is 0.544 e. The molecule has 0 radical (unpaired) electrons. The number of carbonyl (C=O) groups excluding carboxylic acids is 2. The summed E-state index contributed by atoms with van der Waals surface area (Å²) in [7, 11) is 1.16. The second-order valence-corrected chi connectivity index (χ2v) is 3.77. The maximum absolute atomic E-state index is 12.3. The molecule has 0 unspecified atom stereocenters. The SMILES string of the molecule is COC(=O)C=Cc1ccccc1N(OC(F)(F)F)C(C)=O. The number of hydrogen-bond acceptors (Lipinski definition) is 4. The fourth-order valence-corrected chi connectivity index (χ4v) is 1.43. The molecule has 0 N–H and O–H groups in total. The average molecular weight is 303 g/mol. The van der Waals surface area contributed by atoms with Crippen molar-refractivity contribution in [2.24, 2.45) is 0 Å². The summed E-state index contributed by atoms with van der Waals surface area (Å²) in [6.45, 7) is 0.923. The van der Waals surface area contributed by atoms with Gasteiger partial charge in [-0.3, -0.25) is 4.79 Å². The monoisotopic (exact) mass is 303 g/mol. The summed E-state index contributed by atoms with van der Waals surface area (Å²) in [5.41, 5.74) is 0.0322. The Hall–Kier alpha value is -2.35. The third-order valence-corrected chi connectivity index (χ3v) is 2.24. The van der Waals surface area contributed by atoms with Crippen LogP contribution in [0.4, 0.5) is 18.9 Å². The Balaban J connectivity index is 3.17. The van der Waals surface area contributed by atoms with Crippen LogP contribution >= 0.6 is 0 Å². The molecule has 0 aliphatic heterocycles. The zero-order valence-corrected chi connectivity index (χ0v) is 11.2. The molecule has 1 aromatic carbocycles. The molecule has 1 aromatic rings. The van der Waals surface area contributed by atoms with Gasteiger partial charge in [0.2, 0.25) is 5.91 Å². The highest BCUT2D eigenvalue weighted by atomic mass is 19.4. The van der Waals surface area contributed by atoms with Crippen molar-refractivity contribution >= 4 is 23.6 Å². The standard InChI is InChI=1S/C13H12F3NO4/c1-9(18)17(21-13(14,15)16)11-6-4-3-5-10(11)7-8-12(19)20-2/h3-8H,1-2H3. The zero-order chi connectivity index (χ0) is 16.0. The molecular formula is C13H12F3NO4. The fraction of sp³-hybridized carbons (Fsp3) is 0.231. The second-order valence-electron chi connectivity index (χ2n) is 3.77. The van der Waals surface area contributed by atoms with E-state index in [-0.39, 0.29) is 16.3 Å². The second kappa shape index (κ2) is 6.89. The van der Waals surface area contributed by atoms with E-state index >= 15 is 0 Å². The number of hydrogen-bond donors (Lipinski definition) is 0. The fourth-order valence-electron chi connectivity index (χ4n) is 1.43. The van der Waals surface area contributed by atoms with Crippen LogP contribution in [0, 0.1) is 0 Å². The lowest BCUT2D eigenvalue weighted by molar-refractivity contribution is -0.327. The highest BCUT2D eigenvalue weighted by Gasteiger charge is 2.36. The van der Waals surface area contributed by atoms with Gasteiger partial charge in [0.25, 0.3) is 0 Å². The summed E-state index contributed by atoms with van der Waals surface area (Å²) in [6, 6.07) is 5.64. The van der Waals surface area contributed by atoms with Crippen molar-refractivity contribution in [2.75, 3.05) is 12.2 Å². The minimum atomic E-state index is -5.02. The Kier molecular flexibility index (Phi) is 5.48. The molecule has 8 heteroatoms. The predicted molar refractivity (Wildman–Crippen MR) is 67.8 cm³/mol. The number of rotatable bonds is 4. The number of amides is 1. The van der Waals surface area contributed by atoms with Crippen LogP contribution in [0.25, 0.3) is 6.08 Å². The van der Waals surface area contributed by atoms with E-state index in [1.165, 1.54) is 30.3 Å². The van der Waals surface area contributed by atoms with Crippen molar-refractivity contribution in [2.45, 2.75) is 13.3 Å². The Bertz CT molecular complexity index is 555. The van der Waals surface area contributed by atoms with Gasteiger partial charge in [0.15, 0.2) is 0 Å². The Labute approximate surface area is 118 Å². The topological polar surface area (TPSA) is 55.8 Å². The summed E-state index contributed by atoms with van der Waals surface area (Å²) < 4.78 is 41.4. The number of anilines is 1. The molecule has 21 heavy (non-hydrogen) atoms. The Morgan fingerprint density at radius 3 is 2.38 bits per heavy atom. The van der Waals surface area contributed by atoms with Gasteiger partial charge in [-0.25, -0.2) is 4.79 Å². The Morgan fingerprint density at radius 1 is 1.24 bits per heavy atom. The van der Waals surface area contributed by atoms with Crippen LogP contribution in [0.5, 0.6) is 0 Å². The molecule has 0 aliphatic rings. The first-order chi connectivity index (χ1) is 9.74. The summed E-state index contributed by atoms with van der Waals surface area (Å²) in [5, 5.41) is 0.108. The molecule has 1 rings (SSSR count). The van der Waals surface area contributed by atoms with Crippen LogP contribution in [0.1, 0.15) is 12.5 Å². The number of carbonyl (C=O) groups is 2. The van der Waals surface area contributed by atoms with E-state index in [2.05, 4.69) is 9.57 Å². The minimum Gasteiger partial charge on any atom is -0.466 e. The summed E-state index contributed by atoms with van der Waals surface area (Å²) in [5.74, 6) is -1.65. The van der Waals surface area contributed by atoms with Gasteiger partial charge < -0.3 is 4.74 Å². The number of hydroxylamine groups is 1. The van der Waals surface area contributed by atoms with Gasteiger partial charge in [0, 0.05) is 18.6 Å². The summed E-state index contributed by atoms with van der Waals surface area (Å²) in [4.78, 5) is 26.1. The molecular weight excluding hydrogens is 291 g/mol. The van der Waals surface area contributed by atoms with Crippen LogP contribution in [-0.4, -0.2) is 25.3 Å². The van der Waals surface area contributed by atoms with Crippen LogP contribution in [0.15, 0.2) is 30.3 Å². The highest BCUT2D eigenvalue weighted by molar-refractivity contribution is 5.94. The predicted octanol–water partition coefficient (Wildman–Crippen LogP) is 2.68. The molecule has 0 bridgehead atoms. The van der Waals surface area contributed by atoms with Crippen LogP contribution in [-0.2, 0) is 19.2 Å². The lowest BCUT2D eigenvalue weighted by Crippen LogP contribution is -2.35. The maximum atomic E-state index is 12.3. The highest BCUT2D eigenvalue weighted by Crippen LogP contribution is 2.27. The van der Waals surface area contributed by atoms with Gasteiger partial charge in [-0.2, -0.15) is 9.90 Å². The smallest absolute Gasteiger partial charge is 0.466 e. The molecule has 114 valence electrons. The van der Waals surface area contributed by atoms with Crippen molar-refractivity contribution in [1.82, 2.24) is 0 Å². The molecule has 0 heterocycles. The summed E-state index contributed by atoms with van der Waals surface area (Å²) in [6.07, 6.45) is -2.79. The normalized spacial score (nSPS) is 11.5. The first-order valence-electron chi connectivity index (χ1n) is 5.66. The van der Waals surface area contributed by atoms with Crippen LogP contribution in [0.3, 0.4) is 0 Å². The average Bonchev–Trinajstić information content (AvgIpc) is 2.41. The number of benzene rings is 1. The first-order valence-corrected chi connectivity index (χ1v) is 5.66. The number of ether oxygens (including phenoxy) is 1. The molecule has 5 nitrogen and oxygen atoms in total. The van der Waals surface area contributed by atoms with E-state index in [1.807, 2.05) is 0 Å². The van der Waals surface area contributed by atoms with E-state index in [1.54, 1.807) is 0 Å². The van der Waals surface area contributed by atoms with E-state index in [0.29, 0.717) is 0 Å². The van der Waals surface area contributed by atoms with Crippen molar-refractivity contribution in [3.8, 4) is 0 Å². The molecule has 1 amide bonds. The van der Waals surface area contributed by atoms with Gasteiger partial charge in [0.05, 0.1) is 12.8 Å². The van der Waals surface area contributed by atoms with Gasteiger partial charge >= 0.3 is 12.3 Å². The van der Waals surface area contributed by atoms with Crippen LogP contribution < -0.4 is 5.06 Å². The number of alkyl halides is 3. The van der Waals surface area contributed by atoms with Crippen molar-refractivity contribution in [3.05, 3.63) is 35.9 Å². The van der Waals surface area contributed by atoms with E-state index in [4.69, 9.17) is 0 Å². The number of para-hydroxylation sites is 1. The number of nitrogens with zero attached hydrogens (tertiary/aromatic N) is 1. The first kappa shape index (κ1) is 16.7. The third-order valence-electron chi connectivity index (χ3n) is 2.24. The van der Waals surface area contributed by atoms with E-state index < -0.39 is 18.2 Å². The van der Waals surface area contributed by atoms with Crippen molar-refractivity contribution < 1.29 is 32.3 Å². The number of methoxy groups -OCH3 is 1. The van der Waals surface area contributed by atoms with E-state index in [9.17, 15) is 22.8 Å². The number of halogens is 3. The van der Waals surface area contributed by atoms with Gasteiger partial charge in [-0.05, 0) is 12.1 Å². The molecule has 0 aromatic heterocycles. The Morgan fingerprint density at radius 2 is 1.86 bits per heavy atom. The molecule has 0 fully saturated rings. The lowest BCUT2D eigenvalue weighted by Gasteiger charge is -2.22. The van der Waals surface area contributed by atoms with Gasteiger partial charge in [-0.15, -0.1) is 13.2 Å². The molecule has 0 saturated carbocycles.